The molecule has 0 radical (unpaired) electrons. The number of anilines is 1. The molecular formula is C15H21NO2. The molecule has 1 aliphatic heterocycles. The van der Waals surface area contributed by atoms with Gasteiger partial charge in [0.1, 0.15) is 0 Å². The minimum absolute atomic E-state index is 0.153. The molecule has 0 saturated carbocycles. The van der Waals surface area contributed by atoms with Crippen molar-refractivity contribution >= 4 is 11.7 Å². The lowest BCUT2D eigenvalue weighted by Gasteiger charge is -2.22. The summed E-state index contributed by atoms with van der Waals surface area (Å²) in [5, 5.41) is 0. The first kappa shape index (κ1) is 12.9. The summed E-state index contributed by atoms with van der Waals surface area (Å²) in [6.45, 7) is 4.94. The predicted octanol–water partition coefficient (Wildman–Crippen LogP) is 2.42. The summed E-state index contributed by atoms with van der Waals surface area (Å²) >= 11 is 0. The largest absolute Gasteiger partial charge is 0.469 e. The number of esters is 1. The molecule has 3 nitrogen and oxygen atoms in total. The van der Waals surface area contributed by atoms with Crippen LogP contribution in [0.5, 0.6) is 0 Å². The van der Waals surface area contributed by atoms with Crippen molar-refractivity contribution in [2.75, 3.05) is 25.6 Å². The molecule has 0 N–H and O–H groups in total. The highest BCUT2D eigenvalue weighted by Crippen LogP contribution is 2.30. The highest BCUT2D eigenvalue weighted by molar-refractivity contribution is 5.76. The molecule has 0 bridgehead atoms. The number of fused-ring (bicyclic) bond motifs is 1. The second-order valence-electron chi connectivity index (χ2n) is 5.69. The van der Waals surface area contributed by atoms with Gasteiger partial charge in [-0.2, -0.15) is 0 Å². The van der Waals surface area contributed by atoms with Crippen molar-refractivity contribution in [3.8, 4) is 0 Å². The molecule has 1 aromatic carbocycles. The smallest absolute Gasteiger partial charge is 0.311 e. The van der Waals surface area contributed by atoms with Gasteiger partial charge >= 0.3 is 5.97 Å². The SMILES string of the molecule is COC(=O)C(C)(C)Cc1ccc2c(c1)CCN2C. The van der Waals surface area contributed by atoms with E-state index in [4.69, 9.17) is 4.74 Å². The van der Waals surface area contributed by atoms with E-state index in [2.05, 4.69) is 30.1 Å². The van der Waals surface area contributed by atoms with E-state index in [1.54, 1.807) is 0 Å². The van der Waals surface area contributed by atoms with Crippen LogP contribution in [0, 0.1) is 5.41 Å². The van der Waals surface area contributed by atoms with Crippen molar-refractivity contribution in [2.24, 2.45) is 5.41 Å². The number of carbonyl (C=O) groups excluding carboxylic acids is 1. The number of ether oxygens (including phenoxy) is 1. The molecule has 98 valence electrons. The fourth-order valence-electron chi connectivity index (χ4n) is 2.59. The van der Waals surface area contributed by atoms with Gasteiger partial charge in [-0.1, -0.05) is 12.1 Å². The first-order valence-electron chi connectivity index (χ1n) is 6.35. The molecule has 1 heterocycles. The first-order valence-corrected chi connectivity index (χ1v) is 6.35. The average molecular weight is 247 g/mol. The van der Waals surface area contributed by atoms with E-state index in [0.29, 0.717) is 0 Å². The van der Waals surface area contributed by atoms with E-state index < -0.39 is 5.41 Å². The monoisotopic (exact) mass is 247 g/mol. The third kappa shape index (κ3) is 2.35. The van der Waals surface area contributed by atoms with Crippen LogP contribution in [-0.4, -0.2) is 26.7 Å². The average Bonchev–Trinajstić information content (AvgIpc) is 2.69. The Morgan fingerprint density at radius 3 is 2.83 bits per heavy atom. The summed E-state index contributed by atoms with van der Waals surface area (Å²) in [5.41, 5.74) is 3.44. The zero-order chi connectivity index (χ0) is 13.3. The van der Waals surface area contributed by atoms with Gasteiger partial charge in [-0.3, -0.25) is 4.79 Å². The molecule has 2 rings (SSSR count). The quantitative estimate of drug-likeness (QED) is 0.768. The molecule has 1 aliphatic rings. The zero-order valence-corrected chi connectivity index (χ0v) is 11.6. The van der Waals surface area contributed by atoms with Crippen molar-refractivity contribution < 1.29 is 9.53 Å². The van der Waals surface area contributed by atoms with Gasteiger partial charge in [-0.15, -0.1) is 0 Å². The van der Waals surface area contributed by atoms with Gasteiger partial charge in [-0.05, 0) is 43.9 Å². The van der Waals surface area contributed by atoms with Crippen LogP contribution in [-0.2, 0) is 22.4 Å². The van der Waals surface area contributed by atoms with Crippen LogP contribution in [0.2, 0.25) is 0 Å². The topological polar surface area (TPSA) is 29.5 Å². The highest BCUT2D eigenvalue weighted by atomic mass is 16.5. The molecule has 0 atom stereocenters. The van der Waals surface area contributed by atoms with Crippen LogP contribution in [0.1, 0.15) is 25.0 Å². The molecule has 18 heavy (non-hydrogen) atoms. The van der Waals surface area contributed by atoms with Crippen LogP contribution in [0.3, 0.4) is 0 Å². The molecule has 0 aromatic heterocycles. The van der Waals surface area contributed by atoms with Gasteiger partial charge in [0.05, 0.1) is 12.5 Å². The minimum atomic E-state index is -0.465. The fourth-order valence-corrected chi connectivity index (χ4v) is 2.59. The number of hydrogen-bond acceptors (Lipinski definition) is 3. The molecule has 0 fully saturated rings. The Kier molecular flexibility index (Phi) is 3.33. The normalized spacial score (nSPS) is 14.6. The Morgan fingerprint density at radius 2 is 2.17 bits per heavy atom. The Morgan fingerprint density at radius 1 is 1.44 bits per heavy atom. The van der Waals surface area contributed by atoms with Gasteiger partial charge < -0.3 is 9.64 Å². The van der Waals surface area contributed by atoms with Crippen LogP contribution < -0.4 is 4.90 Å². The van der Waals surface area contributed by atoms with Gasteiger partial charge in [-0.25, -0.2) is 0 Å². The summed E-state index contributed by atoms with van der Waals surface area (Å²) < 4.78 is 4.85. The Balaban J connectivity index is 2.19. The van der Waals surface area contributed by atoms with Gasteiger partial charge in [0.25, 0.3) is 0 Å². The van der Waals surface area contributed by atoms with Crippen molar-refractivity contribution in [1.29, 1.82) is 0 Å². The lowest BCUT2D eigenvalue weighted by atomic mass is 9.85. The molecule has 3 heteroatoms. The van der Waals surface area contributed by atoms with Gasteiger partial charge in [0.15, 0.2) is 0 Å². The Labute approximate surface area is 109 Å². The van der Waals surface area contributed by atoms with Crippen LogP contribution >= 0.6 is 0 Å². The van der Waals surface area contributed by atoms with E-state index >= 15 is 0 Å². The first-order chi connectivity index (χ1) is 8.44. The number of hydrogen-bond donors (Lipinski definition) is 0. The number of benzene rings is 1. The van der Waals surface area contributed by atoms with Gasteiger partial charge in [0, 0.05) is 19.3 Å². The van der Waals surface area contributed by atoms with E-state index in [9.17, 15) is 4.79 Å². The maximum atomic E-state index is 11.7. The number of carbonyl (C=O) groups is 1. The van der Waals surface area contributed by atoms with Gasteiger partial charge in [0.2, 0.25) is 0 Å². The molecule has 0 amide bonds. The number of nitrogens with zero attached hydrogens (tertiary/aromatic N) is 1. The standard InChI is InChI=1S/C15H21NO2/c1-15(2,14(17)18-4)10-11-5-6-13-12(9-11)7-8-16(13)3/h5-6,9H,7-8,10H2,1-4H3. The molecule has 0 saturated heterocycles. The summed E-state index contributed by atoms with van der Waals surface area (Å²) in [7, 11) is 3.56. The highest BCUT2D eigenvalue weighted by Gasteiger charge is 2.29. The minimum Gasteiger partial charge on any atom is -0.469 e. The third-order valence-corrected chi connectivity index (χ3v) is 3.66. The van der Waals surface area contributed by atoms with Crippen molar-refractivity contribution in [3.63, 3.8) is 0 Å². The maximum Gasteiger partial charge on any atom is 0.311 e. The number of likely N-dealkylation sites (N-methyl/N-ethyl adjacent to an activating group) is 1. The fraction of sp³-hybridized carbons (Fsp3) is 0.533. The predicted molar refractivity (Wildman–Crippen MR) is 72.9 cm³/mol. The lowest BCUT2D eigenvalue weighted by Crippen LogP contribution is -2.28. The molecule has 0 unspecified atom stereocenters. The van der Waals surface area contributed by atoms with Crippen LogP contribution in [0.25, 0.3) is 0 Å². The molecular weight excluding hydrogens is 226 g/mol. The summed E-state index contributed by atoms with van der Waals surface area (Å²) in [4.78, 5) is 14.0. The van der Waals surface area contributed by atoms with Crippen molar-refractivity contribution in [3.05, 3.63) is 29.3 Å². The van der Waals surface area contributed by atoms with E-state index in [1.807, 2.05) is 13.8 Å². The number of rotatable bonds is 3. The Hall–Kier alpha value is -1.51. The van der Waals surface area contributed by atoms with Crippen molar-refractivity contribution in [2.45, 2.75) is 26.7 Å². The summed E-state index contributed by atoms with van der Waals surface area (Å²) in [6, 6.07) is 6.50. The lowest BCUT2D eigenvalue weighted by molar-refractivity contribution is -0.150. The van der Waals surface area contributed by atoms with E-state index in [0.717, 1.165) is 19.4 Å². The number of methoxy groups -OCH3 is 1. The maximum absolute atomic E-state index is 11.7. The summed E-state index contributed by atoms with van der Waals surface area (Å²) in [5.74, 6) is -0.153. The van der Waals surface area contributed by atoms with Crippen LogP contribution in [0.15, 0.2) is 18.2 Å². The molecule has 0 aliphatic carbocycles. The van der Waals surface area contributed by atoms with E-state index in [-0.39, 0.29) is 5.97 Å². The van der Waals surface area contributed by atoms with Crippen molar-refractivity contribution in [1.82, 2.24) is 0 Å². The Bertz CT molecular complexity index is 466. The second kappa shape index (κ2) is 4.63. The second-order valence-corrected chi connectivity index (χ2v) is 5.69. The third-order valence-electron chi connectivity index (χ3n) is 3.66. The van der Waals surface area contributed by atoms with Crippen LogP contribution in [0.4, 0.5) is 5.69 Å². The zero-order valence-electron chi connectivity index (χ0n) is 11.6. The molecule has 0 spiro atoms. The summed E-state index contributed by atoms with van der Waals surface area (Å²) in [6.07, 6.45) is 1.81. The molecule has 1 aromatic rings. The van der Waals surface area contributed by atoms with E-state index in [1.165, 1.54) is 23.9 Å².